The molecule has 0 saturated carbocycles. The first-order chi connectivity index (χ1) is 14.6. The molecule has 1 fully saturated rings. The van der Waals surface area contributed by atoms with Crippen LogP contribution in [0.25, 0.3) is 0 Å². The number of fused-ring (bicyclic) bond motifs is 1. The quantitative estimate of drug-likeness (QED) is 0.728. The van der Waals surface area contributed by atoms with Gasteiger partial charge in [0.2, 0.25) is 11.8 Å². The Bertz CT molecular complexity index is 905. The SMILES string of the molecule is CCc1nc2c(c(OC3CCCN(C(=O)Cc4cccc(Cl)c4)C3)n1)CCOCC2. The van der Waals surface area contributed by atoms with E-state index in [0.29, 0.717) is 37.1 Å². The molecule has 0 aliphatic carbocycles. The van der Waals surface area contributed by atoms with Crippen molar-refractivity contribution in [3.63, 3.8) is 0 Å². The Morgan fingerprint density at radius 1 is 1.30 bits per heavy atom. The highest BCUT2D eigenvalue weighted by Gasteiger charge is 2.27. The average molecular weight is 430 g/mol. The van der Waals surface area contributed by atoms with Crippen LogP contribution in [0, 0.1) is 0 Å². The van der Waals surface area contributed by atoms with E-state index in [-0.39, 0.29) is 12.0 Å². The largest absolute Gasteiger partial charge is 0.472 e. The molecule has 2 aliphatic heterocycles. The van der Waals surface area contributed by atoms with Crippen LogP contribution in [0.3, 0.4) is 0 Å². The van der Waals surface area contributed by atoms with Gasteiger partial charge in [-0.05, 0) is 30.5 Å². The molecule has 1 atom stereocenters. The van der Waals surface area contributed by atoms with E-state index in [2.05, 4.69) is 11.9 Å². The van der Waals surface area contributed by atoms with Crippen molar-refractivity contribution in [1.82, 2.24) is 14.9 Å². The van der Waals surface area contributed by atoms with Gasteiger partial charge in [-0.2, -0.15) is 4.98 Å². The molecule has 1 aromatic heterocycles. The fourth-order valence-corrected chi connectivity index (χ4v) is 4.28. The lowest BCUT2D eigenvalue weighted by atomic mass is 10.1. The molecule has 160 valence electrons. The molecule has 1 saturated heterocycles. The van der Waals surface area contributed by atoms with Gasteiger partial charge in [0, 0.05) is 36.4 Å². The number of carbonyl (C=O) groups excluding carboxylic acids is 1. The van der Waals surface area contributed by atoms with Gasteiger partial charge in [0.25, 0.3) is 0 Å². The number of aromatic nitrogens is 2. The monoisotopic (exact) mass is 429 g/mol. The number of amides is 1. The third-order valence-electron chi connectivity index (χ3n) is 5.65. The molecule has 30 heavy (non-hydrogen) atoms. The molecular weight excluding hydrogens is 402 g/mol. The van der Waals surface area contributed by atoms with Crippen LogP contribution in [-0.4, -0.2) is 53.2 Å². The minimum absolute atomic E-state index is 0.0602. The zero-order valence-corrected chi connectivity index (χ0v) is 18.2. The van der Waals surface area contributed by atoms with Gasteiger partial charge in [-0.3, -0.25) is 4.79 Å². The zero-order chi connectivity index (χ0) is 20.9. The lowest BCUT2D eigenvalue weighted by Gasteiger charge is -2.33. The summed E-state index contributed by atoms with van der Waals surface area (Å²) in [5.41, 5.74) is 3.04. The number of rotatable bonds is 5. The molecule has 2 aromatic rings. The first-order valence-electron chi connectivity index (χ1n) is 10.8. The lowest BCUT2D eigenvalue weighted by Crippen LogP contribution is -2.45. The predicted octanol–water partition coefficient (Wildman–Crippen LogP) is 3.42. The summed E-state index contributed by atoms with van der Waals surface area (Å²) < 4.78 is 12.0. The van der Waals surface area contributed by atoms with Crippen molar-refractivity contribution in [1.29, 1.82) is 0 Å². The molecule has 4 rings (SSSR count). The maximum absolute atomic E-state index is 12.8. The van der Waals surface area contributed by atoms with E-state index in [0.717, 1.165) is 61.3 Å². The Labute approximate surface area is 182 Å². The second-order valence-electron chi connectivity index (χ2n) is 7.86. The van der Waals surface area contributed by atoms with E-state index in [1.807, 2.05) is 29.2 Å². The molecule has 1 aromatic carbocycles. The number of carbonyl (C=O) groups is 1. The highest BCUT2D eigenvalue weighted by Crippen LogP contribution is 2.26. The maximum atomic E-state index is 12.8. The summed E-state index contributed by atoms with van der Waals surface area (Å²) in [6, 6.07) is 7.48. The minimum Gasteiger partial charge on any atom is -0.472 e. The number of hydrogen-bond donors (Lipinski definition) is 0. The van der Waals surface area contributed by atoms with Gasteiger partial charge in [0.05, 0.1) is 31.9 Å². The molecule has 0 spiro atoms. The number of nitrogens with zero attached hydrogens (tertiary/aromatic N) is 3. The summed E-state index contributed by atoms with van der Waals surface area (Å²) in [7, 11) is 0. The lowest BCUT2D eigenvalue weighted by molar-refractivity contribution is -0.133. The number of piperidine rings is 1. The molecular formula is C23H28ClN3O3. The van der Waals surface area contributed by atoms with E-state index in [1.54, 1.807) is 0 Å². The summed E-state index contributed by atoms with van der Waals surface area (Å²) in [5.74, 6) is 1.58. The van der Waals surface area contributed by atoms with Gasteiger partial charge < -0.3 is 14.4 Å². The van der Waals surface area contributed by atoms with Crippen LogP contribution in [0.15, 0.2) is 24.3 Å². The Balaban J connectivity index is 1.46. The van der Waals surface area contributed by atoms with Crippen LogP contribution in [-0.2, 0) is 35.2 Å². The molecule has 1 amide bonds. The van der Waals surface area contributed by atoms with Crippen molar-refractivity contribution in [2.75, 3.05) is 26.3 Å². The van der Waals surface area contributed by atoms with Crippen LogP contribution in [0.1, 0.15) is 42.4 Å². The number of ether oxygens (including phenoxy) is 2. The first-order valence-corrected chi connectivity index (χ1v) is 11.2. The van der Waals surface area contributed by atoms with Gasteiger partial charge in [-0.1, -0.05) is 30.7 Å². The number of halogens is 1. The van der Waals surface area contributed by atoms with Crippen molar-refractivity contribution < 1.29 is 14.3 Å². The smallest absolute Gasteiger partial charge is 0.227 e. The van der Waals surface area contributed by atoms with Gasteiger partial charge >= 0.3 is 0 Å². The van der Waals surface area contributed by atoms with E-state index in [1.165, 1.54) is 0 Å². The summed E-state index contributed by atoms with van der Waals surface area (Å²) >= 11 is 6.06. The van der Waals surface area contributed by atoms with Crippen LogP contribution >= 0.6 is 11.6 Å². The van der Waals surface area contributed by atoms with Crippen LogP contribution in [0.4, 0.5) is 0 Å². The summed E-state index contributed by atoms with van der Waals surface area (Å²) in [6.07, 6.45) is 4.44. The van der Waals surface area contributed by atoms with Gasteiger partial charge in [-0.15, -0.1) is 0 Å². The molecule has 0 N–H and O–H groups in total. The fraction of sp³-hybridized carbons (Fsp3) is 0.522. The number of hydrogen-bond acceptors (Lipinski definition) is 5. The van der Waals surface area contributed by atoms with E-state index >= 15 is 0 Å². The van der Waals surface area contributed by atoms with Crippen LogP contribution in [0.2, 0.25) is 5.02 Å². The number of benzene rings is 1. The first kappa shape index (κ1) is 21.1. The molecule has 7 heteroatoms. The Kier molecular flexibility index (Phi) is 6.85. The third kappa shape index (κ3) is 5.10. The highest BCUT2D eigenvalue weighted by molar-refractivity contribution is 6.30. The Hall–Kier alpha value is -2.18. The molecule has 0 bridgehead atoms. The second-order valence-corrected chi connectivity index (χ2v) is 8.30. The van der Waals surface area contributed by atoms with Gasteiger partial charge in [0.1, 0.15) is 11.9 Å². The van der Waals surface area contributed by atoms with Gasteiger partial charge in [0.15, 0.2) is 0 Å². The molecule has 3 heterocycles. The average Bonchev–Trinajstić information content (AvgIpc) is 2.99. The van der Waals surface area contributed by atoms with Crippen molar-refractivity contribution >= 4 is 17.5 Å². The standard InChI is InChI=1S/C23H28ClN3O3/c1-2-21-25-20-9-12-29-11-8-19(20)23(26-21)30-18-7-4-10-27(15-18)22(28)14-16-5-3-6-17(24)13-16/h3,5-6,13,18H,2,4,7-12,14-15H2,1H3. The number of aryl methyl sites for hydroxylation is 1. The predicted molar refractivity (Wildman–Crippen MR) is 115 cm³/mol. The molecule has 6 nitrogen and oxygen atoms in total. The van der Waals surface area contributed by atoms with Crippen molar-refractivity contribution in [3.05, 3.63) is 51.9 Å². The van der Waals surface area contributed by atoms with Crippen molar-refractivity contribution in [2.45, 2.75) is 51.6 Å². The maximum Gasteiger partial charge on any atom is 0.227 e. The fourth-order valence-electron chi connectivity index (χ4n) is 4.07. The topological polar surface area (TPSA) is 64.5 Å². The van der Waals surface area contributed by atoms with E-state index in [4.69, 9.17) is 26.1 Å². The van der Waals surface area contributed by atoms with Crippen LogP contribution in [0.5, 0.6) is 5.88 Å². The Morgan fingerprint density at radius 3 is 3.00 bits per heavy atom. The Morgan fingerprint density at radius 2 is 2.17 bits per heavy atom. The third-order valence-corrected chi connectivity index (χ3v) is 5.89. The van der Waals surface area contributed by atoms with Crippen molar-refractivity contribution in [3.8, 4) is 5.88 Å². The molecule has 2 aliphatic rings. The summed E-state index contributed by atoms with van der Waals surface area (Å²) in [5, 5.41) is 0.653. The second kappa shape index (κ2) is 9.75. The molecule has 0 radical (unpaired) electrons. The van der Waals surface area contributed by atoms with Crippen LogP contribution < -0.4 is 4.74 Å². The summed E-state index contributed by atoms with van der Waals surface area (Å²) in [4.78, 5) is 24.1. The molecule has 1 unspecified atom stereocenters. The van der Waals surface area contributed by atoms with E-state index < -0.39 is 0 Å². The highest BCUT2D eigenvalue weighted by atomic mass is 35.5. The van der Waals surface area contributed by atoms with E-state index in [9.17, 15) is 4.79 Å². The zero-order valence-electron chi connectivity index (χ0n) is 17.4. The van der Waals surface area contributed by atoms with Gasteiger partial charge in [-0.25, -0.2) is 4.98 Å². The number of likely N-dealkylation sites (tertiary alicyclic amines) is 1. The normalized spacial score (nSPS) is 19.1. The minimum atomic E-state index is -0.0602. The van der Waals surface area contributed by atoms with Crippen molar-refractivity contribution in [2.24, 2.45) is 0 Å². The summed E-state index contributed by atoms with van der Waals surface area (Å²) in [6.45, 7) is 4.73.